The first-order valence-corrected chi connectivity index (χ1v) is 9.32. The molecule has 1 atom stereocenters. The van der Waals surface area contributed by atoms with E-state index in [0.29, 0.717) is 12.6 Å². The lowest BCUT2D eigenvalue weighted by Gasteiger charge is -2.32. The first-order chi connectivity index (χ1) is 8.61. The molecule has 1 heterocycles. The van der Waals surface area contributed by atoms with Gasteiger partial charge in [-0.05, 0) is 40.2 Å². The second-order valence-electron chi connectivity index (χ2n) is 4.23. The van der Waals surface area contributed by atoms with Crippen LogP contribution >= 0.6 is 41.9 Å². The van der Waals surface area contributed by atoms with Gasteiger partial charge in [0.05, 0.1) is 0 Å². The van der Waals surface area contributed by atoms with Crippen LogP contribution in [0.5, 0.6) is 0 Å². The summed E-state index contributed by atoms with van der Waals surface area (Å²) < 4.78 is 2.24. The van der Waals surface area contributed by atoms with Gasteiger partial charge in [-0.15, -0.1) is 0 Å². The predicted molar refractivity (Wildman–Crippen MR) is 85.9 cm³/mol. The Morgan fingerprint density at radius 3 is 2.67 bits per heavy atom. The fourth-order valence-corrected chi connectivity index (χ4v) is 3.89. The number of ketones is 1. The van der Waals surface area contributed by atoms with E-state index in [1.807, 2.05) is 12.1 Å². The molecule has 0 N–H and O–H groups in total. The van der Waals surface area contributed by atoms with Crippen molar-refractivity contribution in [2.45, 2.75) is 19.4 Å². The maximum absolute atomic E-state index is 11.4. The minimum absolute atomic E-state index is 0.167. The standard InChI is InChI=1S/C13H13ClINOS/c1-9(17)11-4-7-13(16(8-11)18-15)10-2-5-12(14)6-3-10/h2-6,13H,7-8H2,1H3. The van der Waals surface area contributed by atoms with Crippen LogP contribution in [0.1, 0.15) is 24.9 Å². The van der Waals surface area contributed by atoms with Gasteiger partial charge in [-0.1, -0.05) is 29.8 Å². The van der Waals surface area contributed by atoms with E-state index in [4.69, 9.17) is 11.6 Å². The monoisotopic (exact) mass is 393 g/mol. The molecule has 0 amide bonds. The van der Waals surface area contributed by atoms with E-state index in [1.54, 1.807) is 16.0 Å². The summed E-state index contributed by atoms with van der Waals surface area (Å²) in [5, 5.41) is 0.753. The number of carbonyl (C=O) groups excluding carboxylic acids is 1. The highest BCUT2D eigenvalue weighted by Crippen LogP contribution is 2.38. The lowest BCUT2D eigenvalue weighted by molar-refractivity contribution is -0.113. The van der Waals surface area contributed by atoms with Crippen LogP contribution in [0.25, 0.3) is 0 Å². The molecule has 2 rings (SSSR count). The Hall–Kier alpha value is -0.0400. The number of rotatable bonds is 3. The topological polar surface area (TPSA) is 20.3 Å². The van der Waals surface area contributed by atoms with Gasteiger partial charge in [-0.2, -0.15) is 0 Å². The van der Waals surface area contributed by atoms with Crippen molar-refractivity contribution in [1.29, 1.82) is 0 Å². The second-order valence-corrected chi connectivity index (χ2v) is 6.46. The van der Waals surface area contributed by atoms with Crippen molar-refractivity contribution in [2.75, 3.05) is 6.54 Å². The lowest BCUT2D eigenvalue weighted by atomic mass is 9.97. The number of carbonyl (C=O) groups is 1. The molecule has 1 aromatic carbocycles. The summed E-state index contributed by atoms with van der Waals surface area (Å²) in [6.45, 7) is 2.33. The zero-order chi connectivity index (χ0) is 13.1. The van der Waals surface area contributed by atoms with Crippen LogP contribution in [0.3, 0.4) is 0 Å². The van der Waals surface area contributed by atoms with Gasteiger partial charge < -0.3 is 0 Å². The van der Waals surface area contributed by atoms with Crippen LogP contribution in [0, 0.1) is 0 Å². The van der Waals surface area contributed by atoms with Crippen molar-refractivity contribution in [3.63, 3.8) is 0 Å². The molecule has 5 heteroatoms. The fraction of sp³-hybridized carbons (Fsp3) is 0.308. The van der Waals surface area contributed by atoms with Gasteiger partial charge in [0, 0.05) is 44.4 Å². The number of benzene rings is 1. The summed E-state index contributed by atoms with van der Waals surface area (Å²) in [4.78, 5) is 11.4. The van der Waals surface area contributed by atoms with Crippen LogP contribution in [0.4, 0.5) is 0 Å². The Balaban J connectivity index is 2.23. The van der Waals surface area contributed by atoms with Crippen molar-refractivity contribution >= 4 is 47.7 Å². The number of hydrogen-bond donors (Lipinski definition) is 0. The first-order valence-electron chi connectivity index (χ1n) is 5.62. The second kappa shape index (κ2) is 6.41. The Bertz CT molecular complexity index is 474. The third kappa shape index (κ3) is 3.29. The lowest BCUT2D eigenvalue weighted by Crippen LogP contribution is -2.28. The van der Waals surface area contributed by atoms with Gasteiger partial charge in [0.15, 0.2) is 5.78 Å². The SMILES string of the molecule is CC(=O)C1=CCC(c2ccc(Cl)cc2)N(SI)C1. The van der Waals surface area contributed by atoms with Crippen molar-refractivity contribution in [3.8, 4) is 0 Å². The van der Waals surface area contributed by atoms with E-state index >= 15 is 0 Å². The Morgan fingerprint density at radius 2 is 2.11 bits per heavy atom. The Kier molecular flexibility index (Phi) is 5.12. The molecule has 0 aromatic heterocycles. The van der Waals surface area contributed by atoms with Crippen LogP contribution in [0.2, 0.25) is 5.02 Å². The molecule has 1 aromatic rings. The number of nitrogens with zero attached hydrogens (tertiary/aromatic N) is 1. The minimum atomic E-state index is 0.167. The molecular weight excluding hydrogens is 381 g/mol. The van der Waals surface area contributed by atoms with E-state index in [2.05, 4.69) is 43.7 Å². The molecule has 0 saturated carbocycles. The quantitative estimate of drug-likeness (QED) is 0.553. The molecular formula is C13H13ClINOS. The van der Waals surface area contributed by atoms with Gasteiger partial charge in [-0.25, -0.2) is 4.31 Å². The normalized spacial score (nSPS) is 20.6. The minimum Gasteiger partial charge on any atom is -0.295 e. The molecule has 0 fully saturated rings. The molecule has 0 saturated heterocycles. The molecule has 0 aliphatic carbocycles. The zero-order valence-corrected chi connectivity index (χ0v) is 13.6. The maximum atomic E-state index is 11.4. The van der Waals surface area contributed by atoms with Crippen molar-refractivity contribution < 1.29 is 4.79 Å². The van der Waals surface area contributed by atoms with Gasteiger partial charge in [0.2, 0.25) is 0 Å². The average Bonchev–Trinajstić information content (AvgIpc) is 2.39. The maximum Gasteiger partial charge on any atom is 0.156 e. The largest absolute Gasteiger partial charge is 0.295 e. The molecule has 1 aliphatic heterocycles. The number of halogens is 2. The molecule has 0 radical (unpaired) electrons. The van der Waals surface area contributed by atoms with Crippen LogP contribution in [-0.2, 0) is 4.79 Å². The van der Waals surface area contributed by atoms with Crippen molar-refractivity contribution in [2.24, 2.45) is 0 Å². The summed E-state index contributed by atoms with van der Waals surface area (Å²) in [6, 6.07) is 8.25. The summed E-state index contributed by atoms with van der Waals surface area (Å²) in [7, 11) is 1.65. The van der Waals surface area contributed by atoms with Gasteiger partial charge in [0.25, 0.3) is 0 Å². The molecule has 1 aliphatic rings. The molecule has 0 spiro atoms. The third-order valence-corrected chi connectivity index (χ3v) is 5.39. The highest BCUT2D eigenvalue weighted by atomic mass is 127. The van der Waals surface area contributed by atoms with Crippen LogP contribution < -0.4 is 0 Å². The molecule has 2 nitrogen and oxygen atoms in total. The Morgan fingerprint density at radius 1 is 1.44 bits per heavy atom. The summed E-state index contributed by atoms with van der Waals surface area (Å²) in [5.41, 5.74) is 2.15. The van der Waals surface area contributed by atoms with Gasteiger partial charge in [-0.3, -0.25) is 4.79 Å². The number of hydrogen-bond acceptors (Lipinski definition) is 3. The van der Waals surface area contributed by atoms with E-state index in [-0.39, 0.29) is 5.78 Å². The van der Waals surface area contributed by atoms with E-state index in [1.165, 1.54) is 5.56 Å². The summed E-state index contributed by atoms with van der Waals surface area (Å²) >= 11 is 8.18. The van der Waals surface area contributed by atoms with E-state index < -0.39 is 0 Å². The predicted octanol–water partition coefficient (Wildman–Crippen LogP) is 4.60. The average molecular weight is 394 g/mol. The molecule has 96 valence electrons. The van der Waals surface area contributed by atoms with Gasteiger partial charge >= 0.3 is 0 Å². The fourth-order valence-electron chi connectivity index (χ4n) is 2.03. The van der Waals surface area contributed by atoms with Crippen LogP contribution in [-0.4, -0.2) is 16.6 Å². The summed E-state index contributed by atoms with van der Waals surface area (Å²) in [5.74, 6) is 0.167. The first kappa shape index (κ1) is 14.4. The van der Waals surface area contributed by atoms with Crippen LogP contribution in [0.15, 0.2) is 35.9 Å². The third-order valence-electron chi connectivity index (χ3n) is 3.06. The molecule has 18 heavy (non-hydrogen) atoms. The van der Waals surface area contributed by atoms with Gasteiger partial charge in [0.1, 0.15) is 0 Å². The Labute approximate surface area is 128 Å². The van der Waals surface area contributed by atoms with E-state index in [9.17, 15) is 4.79 Å². The summed E-state index contributed by atoms with van der Waals surface area (Å²) in [6.07, 6.45) is 2.93. The highest BCUT2D eigenvalue weighted by Gasteiger charge is 2.26. The highest BCUT2D eigenvalue weighted by molar-refractivity contribution is 14.2. The van der Waals surface area contributed by atoms with E-state index in [0.717, 1.165) is 17.0 Å². The zero-order valence-electron chi connectivity index (χ0n) is 9.90. The molecule has 1 unspecified atom stereocenters. The molecule has 0 bridgehead atoms. The smallest absolute Gasteiger partial charge is 0.156 e. The number of Topliss-reactive ketones (excluding diaryl/α,β-unsaturated/α-hetero) is 1. The van der Waals surface area contributed by atoms with Crippen molar-refractivity contribution in [3.05, 3.63) is 46.5 Å². The van der Waals surface area contributed by atoms with Crippen molar-refractivity contribution in [1.82, 2.24) is 4.31 Å².